The Morgan fingerprint density at radius 3 is 2.30 bits per heavy atom. The van der Waals surface area contributed by atoms with Gasteiger partial charge >= 0.3 is 0 Å². The Hall–Kier alpha value is -0.790. The van der Waals surface area contributed by atoms with Crippen molar-refractivity contribution in [2.24, 2.45) is 5.73 Å². The van der Waals surface area contributed by atoms with Crippen LogP contribution >= 0.6 is 37.2 Å². The Morgan fingerprint density at radius 2 is 1.73 bits per heavy atom. The van der Waals surface area contributed by atoms with E-state index in [1.165, 1.54) is 6.07 Å². The quantitative estimate of drug-likeness (QED) is 0.660. The summed E-state index contributed by atoms with van der Waals surface area (Å²) < 4.78 is 14.0. The number of likely N-dealkylation sites (N-methyl/N-ethyl adjacent to an activating group) is 1. The van der Waals surface area contributed by atoms with Crippen molar-refractivity contribution in [2.45, 2.75) is 57.5 Å². The molecule has 0 aromatic heterocycles. The number of piperazine rings is 1. The summed E-state index contributed by atoms with van der Waals surface area (Å²) in [6, 6.07) is 4.62. The van der Waals surface area contributed by atoms with Gasteiger partial charge in [-0.15, -0.1) is 37.2 Å². The lowest BCUT2D eigenvalue weighted by molar-refractivity contribution is -0.128. The molecule has 1 aromatic rings. The van der Waals surface area contributed by atoms with Crippen LogP contribution < -0.4 is 16.0 Å². The predicted octanol–water partition coefficient (Wildman–Crippen LogP) is 4.07. The second kappa shape index (κ2) is 12.9. The van der Waals surface area contributed by atoms with Crippen LogP contribution in [0.3, 0.4) is 0 Å². The first kappa shape index (κ1) is 29.2. The molecule has 1 aromatic carbocycles. The van der Waals surface area contributed by atoms with Crippen molar-refractivity contribution in [1.29, 1.82) is 0 Å². The van der Waals surface area contributed by atoms with E-state index in [0.717, 1.165) is 76.1 Å². The number of hydrogen-bond donors (Lipinski definition) is 2. The molecule has 0 spiro atoms. The lowest BCUT2D eigenvalue weighted by Crippen LogP contribution is -2.55. The van der Waals surface area contributed by atoms with Gasteiger partial charge < -0.3 is 20.9 Å². The molecule has 0 radical (unpaired) electrons. The molecule has 0 bridgehead atoms. The molecule has 2 fully saturated rings. The van der Waals surface area contributed by atoms with Gasteiger partial charge in [-0.05, 0) is 44.5 Å². The van der Waals surface area contributed by atoms with Crippen molar-refractivity contribution < 1.29 is 9.18 Å². The molecule has 1 heterocycles. The summed E-state index contributed by atoms with van der Waals surface area (Å²) in [5.41, 5.74) is 7.42. The van der Waals surface area contributed by atoms with Gasteiger partial charge in [0, 0.05) is 37.4 Å². The van der Waals surface area contributed by atoms with Crippen LogP contribution in [0.2, 0.25) is 0 Å². The maximum Gasteiger partial charge on any atom is 0.240 e. The van der Waals surface area contributed by atoms with E-state index in [1.54, 1.807) is 6.07 Å². The number of amides is 1. The maximum atomic E-state index is 14.0. The number of carbonyl (C=O) groups excluding carboxylic acids is 1. The molecular formula is C21H36Cl3FN4O. The average Bonchev–Trinajstić information content (AvgIpc) is 2.68. The van der Waals surface area contributed by atoms with Gasteiger partial charge in [-0.3, -0.25) is 4.79 Å². The number of halogens is 4. The van der Waals surface area contributed by atoms with Gasteiger partial charge in [0.25, 0.3) is 0 Å². The number of nitrogens with two attached hydrogens (primary N) is 1. The first-order valence-corrected chi connectivity index (χ1v) is 10.3. The Kier molecular flexibility index (Phi) is 12.6. The first-order chi connectivity index (χ1) is 12.9. The van der Waals surface area contributed by atoms with Crippen LogP contribution in [0.15, 0.2) is 18.2 Å². The smallest absolute Gasteiger partial charge is 0.240 e. The van der Waals surface area contributed by atoms with Crippen molar-refractivity contribution in [3.05, 3.63) is 29.6 Å². The fourth-order valence-electron chi connectivity index (χ4n) is 4.29. The van der Waals surface area contributed by atoms with Crippen LogP contribution in [-0.2, 0) is 4.79 Å². The van der Waals surface area contributed by atoms with E-state index in [4.69, 9.17) is 5.73 Å². The predicted molar refractivity (Wildman–Crippen MR) is 129 cm³/mol. The van der Waals surface area contributed by atoms with E-state index in [9.17, 15) is 9.18 Å². The Balaban J connectivity index is 0.00000280. The Bertz CT molecular complexity index is 666. The number of benzene rings is 1. The maximum absolute atomic E-state index is 14.0. The van der Waals surface area contributed by atoms with Gasteiger partial charge in [0.1, 0.15) is 5.82 Å². The highest BCUT2D eigenvalue weighted by molar-refractivity contribution is 5.86. The lowest BCUT2D eigenvalue weighted by Gasteiger charge is -2.38. The highest BCUT2D eigenvalue weighted by Gasteiger charge is 2.36. The molecule has 9 heteroatoms. The van der Waals surface area contributed by atoms with Crippen molar-refractivity contribution in [1.82, 2.24) is 10.2 Å². The van der Waals surface area contributed by atoms with Crippen LogP contribution in [-0.4, -0.2) is 49.1 Å². The first-order valence-electron chi connectivity index (χ1n) is 10.3. The van der Waals surface area contributed by atoms with E-state index >= 15 is 0 Å². The van der Waals surface area contributed by atoms with Gasteiger partial charge in [-0.2, -0.15) is 0 Å². The summed E-state index contributed by atoms with van der Waals surface area (Å²) in [5, 5.41) is 3.07. The van der Waals surface area contributed by atoms with Gasteiger partial charge in [0.05, 0.1) is 11.6 Å². The molecule has 1 aliphatic carbocycles. The fraction of sp³-hybridized carbons (Fsp3) is 0.667. The second-order valence-corrected chi connectivity index (χ2v) is 8.04. The second-order valence-electron chi connectivity index (χ2n) is 8.04. The van der Waals surface area contributed by atoms with Gasteiger partial charge in [-0.1, -0.05) is 26.2 Å². The molecule has 174 valence electrons. The summed E-state index contributed by atoms with van der Waals surface area (Å²) >= 11 is 0. The molecule has 5 nitrogen and oxygen atoms in total. The van der Waals surface area contributed by atoms with Crippen LogP contribution in [0.25, 0.3) is 0 Å². The third-order valence-corrected chi connectivity index (χ3v) is 6.16. The fourth-order valence-corrected chi connectivity index (χ4v) is 4.29. The van der Waals surface area contributed by atoms with Crippen molar-refractivity contribution in [2.75, 3.05) is 37.6 Å². The van der Waals surface area contributed by atoms with E-state index < -0.39 is 5.54 Å². The number of carbonyl (C=O) groups is 1. The summed E-state index contributed by atoms with van der Waals surface area (Å²) in [6.07, 6.45) is 4.57. The third-order valence-electron chi connectivity index (χ3n) is 6.16. The van der Waals surface area contributed by atoms with E-state index in [-0.39, 0.29) is 55.0 Å². The van der Waals surface area contributed by atoms with Crippen molar-refractivity contribution >= 4 is 48.8 Å². The molecule has 1 saturated carbocycles. The van der Waals surface area contributed by atoms with Crippen LogP contribution in [0, 0.1) is 5.82 Å². The number of rotatable bonds is 5. The number of hydrogen-bond acceptors (Lipinski definition) is 4. The summed E-state index contributed by atoms with van der Waals surface area (Å²) in [4.78, 5) is 17.5. The minimum Gasteiger partial charge on any atom is -0.369 e. The molecule has 30 heavy (non-hydrogen) atoms. The molecule has 3 rings (SSSR count). The third kappa shape index (κ3) is 6.86. The molecule has 1 aliphatic heterocycles. The zero-order valence-electron chi connectivity index (χ0n) is 17.9. The SMILES string of the molecule is CCN1CCN(c2ccc(F)cc2C(C)NC(=O)C2(N)CCCCC2)CC1.Cl.Cl.Cl. The van der Waals surface area contributed by atoms with Crippen molar-refractivity contribution in [3.63, 3.8) is 0 Å². The van der Waals surface area contributed by atoms with E-state index in [2.05, 4.69) is 22.0 Å². The Morgan fingerprint density at radius 1 is 1.13 bits per heavy atom. The number of nitrogens with one attached hydrogen (secondary N) is 1. The minimum atomic E-state index is -0.785. The van der Waals surface area contributed by atoms with Crippen LogP contribution in [0.1, 0.15) is 57.6 Å². The van der Waals surface area contributed by atoms with Crippen molar-refractivity contribution in [3.8, 4) is 0 Å². The molecule has 1 unspecified atom stereocenters. The van der Waals surface area contributed by atoms with Gasteiger partial charge in [-0.25, -0.2) is 4.39 Å². The minimum absolute atomic E-state index is 0. The molecular weight excluding hydrogens is 450 g/mol. The molecule has 2 aliphatic rings. The van der Waals surface area contributed by atoms with Gasteiger partial charge in [0.15, 0.2) is 0 Å². The van der Waals surface area contributed by atoms with Gasteiger partial charge in [0.2, 0.25) is 5.91 Å². The summed E-state index contributed by atoms with van der Waals surface area (Å²) in [5.74, 6) is -0.386. The summed E-state index contributed by atoms with van der Waals surface area (Å²) in [7, 11) is 0. The zero-order valence-corrected chi connectivity index (χ0v) is 20.3. The zero-order chi connectivity index (χ0) is 19.4. The molecule has 1 amide bonds. The van der Waals surface area contributed by atoms with E-state index in [1.807, 2.05) is 13.0 Å². The summed E-state index contributed by atoms with van der Waals surface area (Å²) in [6.45, 7) is 8.96. The van der Waals surface area contributed by atoms with Crippen LogP contribution in [0.4, 0.5) is 10.1 Å². The normalized spacial score (nSPS) is 19.5. The number of nitrogens with zero attached hydrogens (tertiary/aromatic N) is 2. The lowest BCUT2D eigenvalue weighted by atomic mass is 9.81. The largest absolute Gasteiger partial charge is 0.369 e. The Labute approximate surface area is 198 Å². The highest BCUT2D eigenvalue weighted by atomic mass is 35.5. The van der Waals surface area contributed by atoms with Crippen LogP contribution in [0.5, 0.6) is 0 Å². The molecule has 1 saturated heterocycles. The highest BCUT2D eigenvalue weighted by Crippen LogP contribution is 2.30. The average molecular weight is 486 g/mol. The van der Waals surface area contributed by atoms with E-state index in [0.29, 0.717) is 0 Å². The number of anilines is 1. The standard InChI is InChI=1S/C21H33FN4O.3ClH/c1-3-25-11-13-26(14-12-25)19-8-7-17(22)15-18(19)16(2)24-20(27)21(23)9-5-4-6-10-21;;;/h7-8,15-16H,3-6,9-14,23H2,1-2H3,(H,24,27);3*1H. The molecule has 1 atom stereocenters. The topological polar surface area (TPSA) is 61.6 Å². The molecule has 3 N–H and O–H groups in total. The monoisotopic (exact) mass is 484 g/mol.